The number of anilines is 1. The summed E-state index contributed by atoms with van der Waals surface area (Å²) in [5.41, 5.74) is 1.34. The molecule has 1 fully saturated rings. The highest BCUT2D eigenvalue weighted by Crippen LogP contribution is 2.16. The summed E-state index contributed by atoms with van der Waals surface area (Å²) in [7, 11) is 0. The molecule has 3 heterocycles. The van der Waals surface area contributed by atoms with Crippen molar-refractivity contribution >= 4 is 11.7 Å². The molecule has 0 atom stereocenters. The molecule has 0 aromatic carbocycles. The van der Waals surface area contributed by atoms with Crippen molar-refractivity contribution in [1.29, 1.82) is 0 Å². The number of hydrogen-bond donors (Lipinski definition) is 1. The van der Waals surface area contributed by atoms with E-state index in [2.05, 4.69) is 25.2 Å². The minimum absolute atomic E-state index is 0.215. The molecule has 1 aliphatic heterocycles. The normalized spacial score (nSPS) is 14.2. The summed E-state index contributed by atoms with van der Waals surface area (Å²) in [6.07, 6.45) is 8.99. The van der Waals surface area contributed by atoms with E-state index in [1.165, 1.54) is 19.0 Å². The fourth-order valence-corrected chi connectivity index (χ4v) is 2.32. The molecule has 6 heteroatoms. The monoisotopic (exact) mass is 283 g/mol. The van der Waals surface area contributed by atoms with Crippen molar-refractivity contribution in [3.63, 3.8) is 0 Å². The van der Waals surface area contributed by atoms with Crippen molar-refractivity contribution in [2.75, 3.05) is 18.0 Å². The van der Waals surface area contributed by atoms with E-state index < -0.39 is 0 Å². The zero-order chi connectivity index (χ0) is 14.5. The summed E-state index contributed by atoms with van der Waals surface area (Å²) in [4.78, 5) is 26.7. The fraction of sp³-hybridized carbons (Fsp3) is 0.333. The topological polar surface area (TPSA) is 71.0 Å². The molecule has 0 saturated carbocycles. The van der Waals surface area contributed by atoms with Crippen LogP contribution in [0.1, 0.15) is 28.9 Å². The van der Waals surface area contributed by atoms with Crippen molar-refractivity contribution in [2.45, 2.75) is 19.4 Å². The molecule has 1 amide bonds. The third-order valence-corrected chi connectivity index (χ3v) is 3.50. The van der Waals surface area contributed by atoms with Gasteiger partial charge in [0.25, 0.3) is 5.91 Å². The van der Waals surface area contributed by atoms with Gasteiger partial charge in [-0.1, -0.05) is 0 Å². The van der Waals surface area contributed by atoms with Crippen LogP contribution in [-0.4, -0.2) is 33.9 Å². The highest BCUT2D eigenvalue weighted by molar-refractivity contribution is 5.91. The zero-order valence-electron chi connectivity index (χ0n) is 11.7. The summed E-state index contributed by atoms with van der Waals surface area (Å²) in [6, 6.07) is 3.73. The lowest BCUT2D eigenvalue weighted by molar-refractivity contribution is 0.0945. The molecule has 2 aromatic rings. The van der Waals surface area contributed by atoms with Gasteiger partial charge in [-0.05, 0) is 30.5 Å². The van der Waals surface area contributed by atoms with Gasteiger partial charge < -0.3 is 10.2 Å². The zero-order valence-corrected chi connectivity index (χ0v) is 11.7. The maximum Gasteiger partial charge on any atom is 0.271 e. The van der Waals surface area contributed by atoms with E-state index >= 15 is 0 Å². The standard InChI is InChI=1S/C15H17N5O/c21-15(19-9-12-3-5-16-6-4-12)13-10-18-14(11-17-13)20-7-1-2-8-20/h3-6,10-11H,1-2,7-9H2,(H,19,21). The summed E-state index contributed by atoms with van der Waals surface area (Å²) in [5.74, 6) is 0.630. The van der Waals surface area contributed by atoms with Crippen LogP contribution < -0.4 is 10.2 Å². The lowest BCUT2D eigenvalue weighted by Gasteiger charge is -2.15. The number of aromatic nitrogens is 3. The van der Waals surface area contributed by atoms with Crippen LogP contribution in [0.15, 0.2) is 36.9 Å². The molecule has 0 spiro atoms. The van der Waals surface area contributed by atoms with Gasteiger partial charge in [0.2, 0.25) is 0 Å². The van der Waals surface area contributed by atoms with Gasteiger partial charge in [-0.15, -0.1) is 0 Å². The van der Waals surface area contributed by atoms with Crippen LogP contribution in [0.3, 0.4) is 0 Å². The van der Waals surface area contributed by atoms with Crippen molar-refractivity contribution in [3.8, 4) is 0 Å². The molecule has 0 bridgehead atoms. The number of hydrogen-bond acceptors (Lipinski definition) is 5. The molecule has 108 valence electrons. The number of amides is 1. The largest absolute Gasteiger partial charge is 0.355 e. The molecule has 1 N–H and O–H groups in total. The molecule has 0 aliphatic carbocycles. The van der Waals surface area contributed by atoms with Crippen molar-refractivity contribution in [1.82, 2.24) is 20.3 Å². The Bertz CT molecular complexity index is 593. The second-order valence-electron chi connectivity index (χ2n) is 4.99. The van der Waals surface area contributed by atoms with Gasteiger partial charge in [0.05, 0.1) is 12.4 Å². The van der Waals surface area contributed by atoms with Crippen LogP contribution in [0.5, 0.6) is 0 Å². The third kappa shape index (κ3) is 3.34. The number of carbonyl (C=O) groups is 1. The Balaban J connectivity index is 1.59. The highest BCUT2D eigenvalue weighted by atomic mass is 16.1. The van der Waals surface area contributed by atoms with Gasteiger partial charge in [0, 0.05) is 32.0 Å². The maximum absolute atomic E-state index is 12.0. The van der Waals surface area contributed by atoms with E-state index in [1.807, 2.05) is 12.1 Å². The number of nitrogens with zero attached hydrogens (tertiary/aromatic N) is 4. The van der Waals surface area contributed by atoms with Crippen molar-refractivity contribution < 1.29 is 4.79 Å². The Morgan fingerprint density at radius 3 is 2.57 bits per heavy atom. The maximum atomic E-state index is 12.0. The Hall–Kier alpha value is -2.50. The SMILES string of the molecule is O=C(NCc1ccncc1)c1cnc(N2CCCC2)cn1. The molecular formula is C15H17N5O. The van der Waals surface area contributed by atoms with Gasteiger partial charge in [-0.2, -0.15) is 0 Å². The lowest BCUT2D eigenvalue weighted by Crippen LogP contribution is -2.25. The first-order valence-corrected chi connectivity index (χ1v) is 7.07. The molecule has 6 nitrogen and oxygen atoms in total. The van der Waals surface area contributed by atoms with E-state index in [0.717, 1.165) is 24.5 Å². The van der Waals surface area contributed by atoms with E-state index in [0.29, 0.717) is 12.2 Å². The van der Waals surface area contributed by atoms with Gasteiger partial charge in [-0.3, -0.25) is 9.78 Å². The first kappa shape index (κ1) is 13.5. The highest BCUT2D eigenvalue weighted by Gasteiger charge is 2.15. The van der Waals surface area contributed by atoms with E-state index in [9.17, 15) is 4.79 Å². The first-order valence-electron chi connectivity index (χ1n) is 7.07. The van der Waals surface area contributed by atoms with Crippen molar-refractivity contribution in [2.24, 2.45) is 0 Å². The quantitative estimate of drug-likeness (QED) is 0.918. The predicted octanol–water partition coefficient (Wildman–Crippen LogP) is 1.40. The van der Waals surface area contributed by atoms with Crippen LogP contribution in [-0.2, 0) is 6.54 Å². The number of carbonyl (C=O) groups excluding carboxylic acids is 1. The van der Waals surface area contributed by atoms with E-state index in [1.54, 1.807) is 18.6 Å². The van der Waals surface area contributed by atoms with Crippen molar-refractivity contribution in [3.05, 3.63) is 48.2 Å². The van der Waals surface area contributed by atoms with Crippen LogP contribution >= 0.6 is 0 Å². The van der Waals surface area contributed by atoms with E-state index in [4.69, 9.17) is 0 Å². The Labute approximate surface area is 123 Å². The minimum atomic E-state index is -0.215. The van der Waals surface area contributed by atoms with Gasteiger partial charge in [0.15, 0.2) is 0 Å². The van der Waals surface area contributed by atoms with Gasteiger partial charge >= 0.3 is 0 Å². The first-order chi connectivity index (χ1) is 10.3. The second-order valence-corrected chi connectivity index (χ2v) is 4.99. The van der Waals surface area contributed by atoms with Crippen LogP contribution in [0.25, 0.3) is 0 Å². The Morgan fingerprint density at radius 1 is 1.14 bits per heavy atom. The lowest BCUT2D eigenvalue weighted by atomic mass is 10.2. The summed E-state index contributed by atoms with van der Waals surface area (Å²) in [6.45, 7) is 2.49. The minimum Gasteiger partial charge on any atom is -0.355 e. The van der Waals surface area contributed by atoms with Crippen LogP contribution in [0.2, 0.25) is 0 Å². The number of nitrogens with one attached hydrogen (secondary N) is 1. The molecule has 3 rings (SSSR count). The fourth-order valence-electron chi connectivity index (χ4n) is 2.32. The number of rotatable bonds is 4. The summed E-state index contributed by atoms with van der Waals surface area (Å²) < 4.78 is 0. The smallest absolute Gasteiger partial charge is 0.271 e. The Kier molecular flexibility index (Phi) is 4.04. The predicted molar refractivity (Wildman–Crippen MR) is 78.9 cm³/mol. The molecule has 0 radical (unpaired) electrons. The summed E-state index contributed by atoms with van der Waals surface area (Å²) >= 11 is 0. The molecule has 1 saturated heterocycles. The second kappa shape index (κ2) is 6.30. The molecule has 1 aliphatic rings. The molecular weight excluding hydrogens is 266 g/mol. The summed E-state index contributed by atoms with van der Waals surface area (Å²) in [5, 5.41) is 2.82. The average Bonchev–Trinajstić information content (AvgIpc) is 3.08. The van der Waals surface area contributed by atoms with E-state index in [-0.39, 0.29) is 5.91 Å². The van der Waals surface area contributed by atoms with Crippen LogP contribution in [0.4, 0.5) is 5.82 Å². The average molecular weight is 283 g/mol. The van der Waals surface area contributed by atoms with Crippen LogP contribution in [0, 0.1) is 0 Å². The van der Waals surface area contributed by atoms with Gasteiger partial charge in [0.1, 0.15) is 11.5 Å². The molecule has 2 aromatic heterocycles. The molecule has 0 unspecified atom stereocenters. The van der Waals surface area contributed by atoms with Gasteiger partial charge in [-0.25, -0.2) is 9.97 Å². The molecule has 21 heavy (non-hydrogen) atoms. The number of pyridine rings is 1. The Morgan fingerprint density at radius 2 is 1.90 bits per heavy atom. The third-order valence-electron chi connectivity index (χ3n) is 3.50.